The fourth-order valence-corrected chi connectivity index (χ4v) is 0.874. The van der Waals surface area contributed by atoms with Crippen molar-refractivity contribution in [3.63, 3.8) is 0 Å². The number of nitrogens with one attached hydrogen (secondary N) is 1. The molecule has 0 amide bonds. The summed E-state index contributed by atoms with van der Waals surface area (Å²) in [6.07, 6.45) is 0.550. The standard InChI is InChI=1S/C6H16NO4P/c1-6(2,7-3)4-5-11-12(8,9)10/h7H,4-5H2,1-3H3,(H2,8,9,10). The summed E-state index contributed by atoms with van der Waals surface area (Å²) >= 11 is 0. The van der Waals surface area contributed by atoms with Gasteiger partial charge in [0.15, 0.2) is 0 Å². The summed E-state index contributed by atoms with van der Waals surface area (Å²) in [5, 5.41) is 2.99. The van der Waals surface area contributed by atoms with Crippen molar-refractivity contribution < 1.29 is 18.9 Å². The van der Waals surface area contributed by atoms with Gasteiger partial charge in [-0.3, -0.25) is 4.52 Å². The molecule has 0 aliphatic heterocycles. The maximum Gasteiger partial charge on any atom is 0.469 e. The Morgan fingerprint density at radius 3 is 2.33 bits per heavy atom. The third-order valence-electron chi connectivity index (χ3n) is 1.66. The first-order valence-corrected chi connectivity index (χ1v) is 5.19. The predicted octanol–water partition coefficient (Wildman–Crippen LogP) is 0.484. The molecule has 0 saturated heterocycles. The molecule has 0 heterocycles. The lowest BCUT2D eigenvalue weighted by Crippen LogP contribution is -2.37. The number of rotatable bonds is 5. The van der Waals surface area contributed by atoms with Gasteiger partial charge < -0.3 is 15.1 Å². The van der Waals surface area contributed by atoms with Crippen LogP contribution in [0.25, 0.3) is 0 Å². The topological polar surface area (TPSA) is 78.8 Å². The van der Waals surface area contributed by atoms with Crippen molar-refractivity contribution in [2.75, 3.05) is 13.7 Å². The average Bonchev–Trinajstić information content (AvgIpc) is 1.84. The summed E-state index contributed by atoms with van der Waals surface area (Å²) in [4.78, 5) is 16.7. The first kappa shape index (κ1) is 12.1. The van der Waals surface area contributed by atoms with Gasteiger partial charge in [-0.25, -0.2) is 4.57 Å². The first-order chi connectivity index (χ1) is 5.27. The molecule has 0 bridgehead atoms. The van der Waals surface area contributed by atoms with Crippen LogP contribution in [0.3, 0.4) is 0 Å². The molecule has 0 fully saturated rings. The number of hydrogen-bond acceptors (Lipinski definition) is 3. The number of phosphoric ester groups is 1. The zero-order chi connectivity index (χ0) is 9.83. The lowest BCUT2D eigenvalue weighted by atomic mass is 10.0. The molecule has 0 aliphatic rings. The summed E-state index contributed by atoms with van der Waals surface area (Å²) in [7, 11) is -2.50. The van der Waals surface area contributed by atoms with E-state index in [-0.39, 0.29) is 12.1 Å². The smallest absolute Gasteiger partial charge is 0.315 e. The highest BCUT2D eigenvalue weighted by atomic mass is 31.2. The van der Waals surface area contributed by atoms with Gasteiger partial charge in [-0.1, -0.05) is 0 Å². The van der Waals surface area contributed by atoms with Gasteiger partial charge in [0.2, 0.25) is 0 Å². The summed E-state index contributed by atoms with van der Waals surface area (Å²) in [5.41, 5.74) is -0.158. The zero-order valence-electron chi connectivity index (χ0n) is 7.57. The molecule has 5 nitrogen and oxygen atoms in total. The fraction of sp³-hybridized carbons (Fsp3) is 1.00. The Morgan fingerprint density at radius 1 is 1.50 bits per heavy atom. The lowest BCUT2D eigenvalue weighted by molar-refractivity contribution is 0.178. The van der Waals surface area contributed by atoms with Gasteiger partial charge >= 0.3 is 7.82 Å². The van der Waals surface area contributed by atoms with Gasteiger partial charge in [0.25, 0.3) is 0 Å². The minimum atomic E-state index is -4.29. The molecule has 0 aromatic carbocycles. The van der Waals surface area contributed by atoms with Crippen LogP contribution in [0.5, 0.6) is 0 Å². The Kier molecular flexibility index (Phi) is 4.37. The van der Waals surface area contributed by atoms with Crippen LogP contribution in [0.1, 0.15) is 20.3 Å². The SMILES string of the molecule is CNC(C)(C)CCOP(=O)(O)O. The molecule has 74 valence electrons. The zero-order valence-corrected chi connectivity index (χ0v) is 8.47. The van der Waals surface area contributed by atoms with E-state index in [1.165, 1.54) is 0 Å². The summed E-state index contributed by atoms with van der Waals surface area (Å²) in [6.45, 7) is 3.91. The van der Waals surface area contributed by atoms with Crippen LogP contribution in [0.2, 0.25) is 0 Å². The predicted molar refractivity (Wildman–Crippen MR) is 45.8 cm³/mol. The molecule has 3 N–H and O–H groups in total. The second-order valence-corrected chi connectivity index (χ2v) is 4.45. The highest BCUT2D eigenvalue weighted by Gasteiger charge is 2.18. The molecular formula is C6H16NO4P. The largest absolute Gasteiger partial charge is 0.469 e. The Labute approximate surface area is 72.4 Å². The Morgan fingerprint density at radius 2 is 2.00 bits per heavy atom. The number of phosphoric acid groups is 1. The first-order valence-electron chi connectivity index (χ1n) is 3.66. The molecule has 0 aromatic rings. The van der Waals surface area contributed by atoms with E-state index in [0.717, 1.165) is 0 Å². The van der Waals surface area contributed by atoms with E-state index < -0.39 is 7.82 Å². The molecule has 0 aliphatic carbocycles. The maximum absolute atomic E-state index is 10.3. The van der Waals surface area contributed by atoms with Crippen molar-refractivity contribution in [3.05, 3.63) is 0 Å². The van der Waals surface area contributed by atoms with Crippen LogP contribution >= 0.6 is 7.82 Å². The van der Waals surface area contributed by atoms with E-state index in [4.69, 9.17) is 9.79 Å². The highest BCUT2D eigenvalue weighted by Crippen LogP contribution is 2.36. The molecule has 0 saturated carbocycles. The fourth-order valence-electron chi connectivity index (χ4n) is 0.545. The normalized spacial score (nSPS) is 13.4. The van der Waals surface area contributed by atoms with Crippen LogP contribution < -0.4 is 5.32 Å². The van der Waals surface area contributed by atoms with E-state index in [1.807, 2.05) is 13.8 Å². The minimum Gasteiger partial charge on any atom is -0.315 e. The minimum absolute atomic E-state index is 0.0537. The van der Waals surface area contributed by atoms with E-state index in [0.29, 0.717) is 6.42 Å². The van der Waals surface area contributed by atoms with Crippen LogP contribution in [0.15, 0.2) is 0 Å². The van der Waals surface area contributed by atoms with E-state index in [2.05, 4.69) is 9.84 Å². The van der Waals surface area contributed by atoms with Gasteiger partial charge in [0.1, 0.15) is 0 Å². The van der Waals surface area contributed by atoms with E-state index in [9.17, 15) is 4.57 Å². The van der Waals surface area contributed by atoms with Crippen LogP contribution in [-0.4, -0.2) is 29.0 Å². The molecule has 6 heteroatoms. The highest BCUT2D eigenvalue weighted by molar-refractivity contribution is 7.46. The molecule has 0 atom stereocenters. The van der Waals surface area contributed by atoms with Crippen LogP contribution in [0, 0.1) is 0 Å². The third-order valence-corrected chi connectivity index (χ3v) is 2.18. The van der Waals surface area contributed by atoms with Gasteiger partial charge in [0.05, 0.1) is 6.61 Å². The Balaban J connectivity index is 3.64. The second-order valence-electron chi connectivity index (χ2n) is 3.21. The van der Waals surface area contributed by atoms with Crippen molar-refractivity contribution >= 4 is 7.82 Å². The van der Waals surface area contributed by atoms with Gasteiger partial charge in [-0.2, -0.15) is 0 Å². The van der Waals surface area contributed by atoms with Crippen LogP contribution in [-0.2, 0) is 9.09 Å². The van der Waals surface area contributed by atoms with Crippen LogP contribution in [0.4, 0.5) is 0 Å². The lowest BCUT2D eigenvalue weighted by Gasteiger charge is -2.23. The molecular weight excluding hydrogens is 181 g/mol. The van der Waals surface area contributed by atoms with Gasteiger partial charge in [-0.15, -0.1) is 0 Å². The van der Waals surface area contributed by atoms with Crippen molar-refractivity contribution in [1.82, 2.24) is 5.32 Å². The van der Waals surface area contributed by atoms with Crippen molar-refractivity contribution in [2.24, 2.45) is 0 Å². The number of hydrogen-bond donors (Lipinski definition) is 3. The molecule has 0 spiro atoms. The summed E-state index contributed by atoms with van der Waals surface area (Å²) in [6, 6.07) is 0. The van der Waals surface area contributed by atoms with E-state index >= 15 is 0 Å². The third kappa shape index (κ3) is 6.76. The van der Waals surface area contributed by atoms with E-state index in [1.54, 1.807) is 7.05 Å². The summed E-state index contributed by atoms with van der Waals surface area (Å²) in [5.74, 6) is 0. The average molecular weight is 197 g/mol. The Hall–Kier alpha value is 0.0700. The molecule has 0 rings (SSSR count). The second kappa shape index (κ2) is 4.35. The molecule has 0 radical (unpaired) electrons. The quantitative estimate of drug-likeness (QED) is 0.559. The van der Waals surface area contributed by atoms with Gasteiger partial charge in [-0.05, 0) is 27.3 Å². The molecule has 0 aromatic heterocycles. The molecule has 12 heavy (non-hydrogen) atoms. The van der Waals surface area contributed by atoms with Crippen molar-refractivity contribution in [1.29, 1.82) is 0 Å². The maximum atomic E-state index is 10.3. The van der Waals surface area contributed by atoms with Crippen molar-refractivity contribution in [2.45, 2.75) is 25.8 Å². The molecule has 0 unspecified atom stereocenters. The summed E-state index contributed by atoms with van der Waals surface area (Å²) < 4.78 is 14.6. The monoisotopic (exact) mass is 197 g/mol. The van der Waals surface area contributed by atoms with Gasteiger partial charge in [0, 0.05) is 5.54 Å². The Bertz CT molecular complexity index is 176. The van der Waals surface area contributed by atoms with Crippen molar-refractivity contribution in [3.8, 4) is 0 Å².